The Morgan fingerprint density at radius 3 is 1.96 bits per heavy atom. The van der Waals surface area contributed by atoms with E-state index in [1.54, 1.807) is 0 Å². The lowest BCUT2D eigenvalue weighted by atomic mass is 9.81. The average molecular weight is 385 g/mol. The van der Waals surface area contributed by atoms with Gasteiger partial charge < -0.3 is 5.32 Å². The van der Waals surface area contributed by atoms with E-state index in [1.807, 2.05) is 18.2 Å². The zero-order chi connectivity index (χ0) is 20.4. The lowest BCUT2D eigenvalue weighted by molar-refractivity contribution is -0.140. The highest BCUT2D eigenvalue weighted by atomic mass is 16.2. The maximum absolute atomic E-state index is 12.7. The number of anilines is 1. The van der Waals surface area contributed by atoms with Gasteiger partial charge >= 0.3 is 0 Å². The van der Waals surface area contributed by atoms with Crippen LogP contribution in [0.3, 0.4) is 0 Å². The van der Waals surface area contributed by atoms with Crippen LogP contribution in [0, 0.1) is 11.8 Å². The summed E-state index contributed by atoms with van der Waals surface area (Å²) < 4.78 is 0. The van der Waals surface area contributed by atoms with Crippen molar-refractivity contribution in [2.45, 2.75) is 71.6 Å². The van der Waals surface area contributed by atoms with Crippen LogP contribution in [0.25, 0.3) is 0 Å². The van der Waals surface area contributed by atoms with Crippen LogP contribution < -0.4 is 5.32 Å². The van der Waals surface area contributed by atoms with Crippen LogP contribution >= 0.6 is 0 Å². The first-order valence-corrected chi connectivity index (χ1v) is 10.6. The largest absolute Gasteiger partial charge is 0.326 e. The second-order valence-electron chi connectivity index (χ2n) is 8.74. The van der Waals surface area contributed by atoms with E-state index in [9.17, 15) is 14.4 Å². The van der Waals surface area contributed by atoms with Crippen molar-refractivity contribution >= 4 is 23.4 Å². The Balaban J connectivity index is 1.68. The maximum Gasteiger partial charge on any atom is 0.233 e. The number of amides is 3. The van der Waals surface area contributed by atoms with E-state index in [0.29, 0.717) is 11.8 Å². The van der Waals surface area contributed by atoms with Crippen molar-refractivity contribution in [1.82, 2.24) is 4.90 Å². The molecule has 0 aromatic heterocycles. The van der Waals surface area contributed by atoms with Crippen LogP contribution in [0.15, 0.2) is 18.2 Å². The van der Waals surface area contributed by atoms with Gasteiger partial charge in [0, 0.05) is 18.7 Å². The molecule has 152 valence electrons. The van der Waals surface area contributed by atoms with Gasteiger partial charge in [-0.2, -0.15) is 0 Å². The summed E-state index contributed by atoms with van der Waals surface area (Å²) in [5.41, 5.74) is 3.10. The Hall–Kier alpha value is -2.17. The molecule has 0 bridgehead atoms. The standard InChI is InChI=1S/C23H32N2O3/c1-14(2)16-10-7-11-17(15(3)4)21(16)24-20(26)12-13-25-22(27)18-8-5-6-9-19(18)23(25)28/h7,10-11,14-15,18-19H,5-6,8-9,12-13H2,1-4H3,(H,24,26)/t18-,19-/m1/s1. The highest BCUT2D eigenvalue weighted by molar-refractivity contribution is 6.05. The molecular formula is C23H32N2O3. The van der Waals surface area contributed by atoms with Gasteiger partial charge in [0.2, 0.25) is 17.7 Å². The summed E-state index contributed by atoms with van der Waals surface area (Å²) in [6.07, 6.45) is 3.77. The Kier molecular flexibility index (Phi) is 6.21. The molecule has 0 unspecified atom stereocenters. The third-order valence-electron chi connectivity index (χ3n) is 6.13. The van der Waals surface area contributed by atoms with E-state index in [2.05, 4.69) is 33.0 Å². The summed E-state index contributed by atoms with van der Waals surface area (Å²) >= 11 is 0. The van der Waals surface area contributed by atoms with E-state index in [4.69, 9.17) is 0 Å². The van der Waals surface area contributed by atoms with Crippen molar-refractivity contribution in [3.63, 3.8) is 0 Å². The number of likely N-dealkylation sites (tertiary alicyclic amines) is 1. The summed E-state index contributed by atoms with van der Waals surface area (Å²) in [5.74, 6) is -0.0267. The number of para-hydroxylation sites is 1. The lowest BCUT2D eigenvalue weighted by Gasteiger charge is -2.21. The number of hydrogen-bond donors (Lipinski definition) is 1. The van der Waals surface area contributed by atoms with Crippen molar-refractivity contribution in [3.05, 3.63) is 29.3 Å². The number of nitrogens with one attached hydrogen (secondary N) is 1. The predicted molar refractivity (Wildman–Crippen MR) is 110 cm³/mol. The van der Waals surface area contributed by atoms with E-state index in [0.717, 1.165) is 42.5 Å². The fourth-order valence-electron chi connectivity index (χ4n) is 4.56. The number of fused-ring (bicyclic) bond motifs is 1. The highest BCUT2D eigenvalue weighted by Gasteiger charge is 2.47. The van der Waals surface area contributed by atoms with Crippen LogP contribution in [0.5, 0.6) is 0 Å². The molecule has 2 atom stereocenters. The van der Waals surface area contributed by atoms with Crippen molar-refractivity contribution < 1.29 is 14.4 Å². The van der Waals surface area contributed by atoms with E-state index in [1.165, 1.54) is 4.90 Å². The van der Waals surface area contributed by atoms with Gasteiger partial charge in [0.25, 0.3) is 0 Å². The van der Waals surface area contributed by atoms with Crippen LogP contribution in [-0.4, -0.2) is 29.2 Å². The molecule has 3 amide bonds. The highest BCUT2D eigenvalue weighted by Crippen LogP contribution is 2.38. The van der Waals surface area contributed by atoms with Crippen molar-refractivity contribution in [2.24, 2.45) is 11.8 Å². The van der Waals surface area contributed by atoms with Crippen LogP contribution in [0.4, 0.5) is 5.69 Å². The van der Waals surface area contributed by atoms with Crippen LogP contribution in [0.1, 0.15) is 82.8 Å². The van der Waals surface area contributed by atoms with E-state index in [-0.39, 0.29) is 42.5 Å². The van der Waals surface area contributed by atoms with E-state index >= 15 is 0 Å². The molecule has 1 heterocycles. The molecule has 1 aromatic carbocycles. The second kappa shape index (κ2) is 8.46. The molecule has 1 N–H and O–H groups in total. The summed E-state index contributed by atoms with van der Waals surface area (Å²) in [5, 5.41) is 3.07. The molecule has 0 spiro atoms. The summed E-state index contributed by atoms with van der Waals surface area (Å²) in [7, 11) is 0. The molecule has 2 fully saturated rings. The number of carbonyl (C=O) groups is 3. The molecule has 1 aliphatic heterocycles. The molecule has 1 aliphatic carbocycles. The summed E-state index contributed by atoms with van der Waals surface area (Å²) in [6, 6.07) is 6.12. The molecule has 1 saturated heterocycles. The lowest BCUT2D eigenvalue weighted by Crippen LogP contribution is -2.34. The normalized spacial score (nSPS) is 22.1. The Bertz CT molecular complexity index is 719. The Morgan fingerprint density at radius 2 is 1.50 bits per heavy atom. The minimum Gasteiger partial charge on any atom is -0.326 e. The fourth-order valence-corrected chi connectivity index (χ4v) is 4.56. The van der Waals surface area contributed by atoms with Gasteiger partial charge in [-0.3, -0.25) is 19.3 Å². The first-order valence-electron chi connectivity index (χ1n) is 10.6. The molecule has 2 aliphatic rings. The molecule has 3 rings (SSSR count). The third kappa shape index (κ3) is 3.98. The van der Waals surface area contributed by atoms with Gasteiger partial charge in [-0.1, -0.05) is 58.7 Å². The maximum atomic E-state index is 12.7. The molecule has 28 heavy (non-hydrogen) atoms. The number of benzene rings is 1. The van der Waals surface area contributed by atoms with Gasteiger partial charge in [0.15, 0.2) is 0 Å². The monoisotopic (exact) mass is 384 g/mol. The van der Waals surface area contributed by atoms with Gasteiger partial charge in [0.1, 0.15) is 0 Å². The minimum absolute atomic E-state index is 0.0760. The quantitative estimate of drug-likeness (QED) is 0.738. The van der Waals surface area contributed by atoms with Gasteiger partial charge in [-0.05, 0) is 35.8 Å². The Morgan fingerprint density at radius 1 is 1.00 bits per heavy atom. The van der Waals surface area contributed by atoms with Gasteiger partial charge in [-0.15, -0.1) is 0 Å². The molecule has 1 saturated carbocycles. The summed E-state index contributed by atoms with van der Waals surface area (Å²) in [6.45, 7) is 8.62. The third-order valence-corrected chi connectivity index (χ3v) is 6.13. The van der Waals surface area contributed by atoms with Gasteiger partial charge in [0.05, 0.1) is 11.8 Å². The Labute approximate surface area is 167 Å². The zero-order valence-corrected chi connectivity index (χ0v) is 17.5. The average Bonchev–Trinajstić information content (AvgIpc) is 2.90. The zero-order valence-electron chi connectivity index (χ0n) is 17.5. The van der Waals surface area contributed by atoms with Crippen LogP contribution in [0.2, 0.25) is 0 Å². The predicted octanol–water partition coefficient (Wildman–Crippen LogP) is 4.44. The van der Waals surface area contributed by atoms with Crippen molar-refractivity contribution in [1.29, 1.82) is 0 Å². The number of nitrogens with zero attached hydrogens (tertiary/aromatic N) is 1. The second-order valence-corrected chi connectivity index (χ2v) is 8.74. The molecule has 5 nitrogen and oxygen atoms in total. The molecule has 5 heteroatoms. The number of carbonyl (C=O) groups excluding carboxylic acids is 3. The van der Waals surface area contributed by atoms with E-state index < -0.39 is 0 Å². The minimum atomic E-state index is -0.154. The molecular weight excluding hydrogens is 352 g/mol. The number of imide groups is 1. The summed E-state index contributed by atoms with van der Waals surface area (Å²) in [4.78, 5) is 39.2. The SMILES string of the molecule is CC(C)c1cccc(C(C)C)c1NC(=O)CCN1C(=O)[C@@H]2CCCC[C@H]2C1=O. The number of rotatable bonds is 6. The smallest absolute Gasteiger partial charge is 0.233 e. The first-order chi connectivity index (χ1) is 13.3. The molecule has 0 radical (unpaired) electrons. The van der Waals surface area contributed by atoms with Crippen molar-refractivity contribution in [2.75, 3.05) is 11.9 Å². The molecule has 1 aromatic rings. The van der Waals surface area contributed by atoms with Gasteiger partial charge in [-0.25, -0.2) is 0 Å². The fraction of sp³-hybridized carbons (Fsp3) is 0.609. The topological polar surface area (TPSA) is 66.5 Å². The first kappa shape index (κ1) is 20.6. The number of hydrogen-bond acceptors (Lipinski definition) is 3. The van der Waals surface area contributed by atoms with Crippen LogP contribution in [-0.2, 0) is 14.4 Å². The van der Waals surface area contributed by atoms with Crippen molar-refractivity contribution in [3.8, 4) is 0 Å².